The second kappa shape index (κ2) is 6.48. The van der Waals surface area contributed by atoms with Gasteiger partial charge >= 0.3 is 0 Å². The zero-order chi connectivity index (χ0) is 18.3. The van der Waals surface area contributed by atoms with E-state index in [4.69, 9.17) is 0 Å². The minimum atomic E-state index is 0.0736. The van der Waals surface area contributed by atoms with Gasteiger partial charge in [-0.2, -0.15) is 0 Å². The number of piperazine rings is 1. The number of pyridine rings is 1. The lowest BCUT2D eigenvalue weighted by atomic mass is 10.2. The van der Waals surface area contributed by atoms with Crippen molar-refractivity contribution in [3.8, 4) is 0 Å². The first-order valence-corrected chi connectivity index (χ1v) is 9.09. The van der Waals surface area contributed by atoms with E-state index in [9.17, 15) is 4.79 Å². The standard InChI is InChI=1S/C21H24N4O/c1-15-5-4-6-18(13-15)23-9-11-24(12-10-23)21(26)20-17(3)22-19-8-7-16(2)14-25(19)20/h4-8,13-14H,9-12H2,1-3H3. The summed E-state index contributed by atoms with van der Waals surface area (Å²) in [5.41, 5.74) is 5.92. The molecule has 3 heterocycles. The molecule has 1 aromatic carbocycles. The molecule has 5 nitrogen and oxygen atoms in total. The molecule has 0 N–H and O–H groups in total. The maximum atomic E-state index is 13.2. The van der Waals surface area contributed by atoms with E-state index >= 15 is 0 Å². The summed E-state index contributed by atoms with van der Waals surface area (Å²) in [5.74, 6) is 0.0736. The van der Waals surface area contributed by atoms with Crippen LogP contribution in [0.1, 0.15) is 27.3 Å². The molecule has 5 heteroatoms. The molecule has 4 rings (SSSR count). The van der Waals surface area contributed by atoms with Crippen LogP contribution in [0.25, 0.3) is 5.65 Å². The average Bonchev–Trinajstić information content (AvgIpc) is 2.96. The molecule has 3 aromatic rings. The summed E-state index contributed by atoms with van der Waals surface area (Å²) in [6, 6.07) is 12.5. The first kappa shape index (κ1) is 16.6. The zero-order valence-electron chi connectivity index (χ0n) is 15.6. The molecule has 134 valence electrons. The van der Waals surface area contributed by atoms with Gasteiger partial charge in [-0.3, -0.25) is 9.20 Å². The lowest BCUT2D eigenvalue weighted by molar-refractivity contribution is 0.0739. The number of aromatic nitrogens is 2. The Morgan fingerprint density at radius 1 is 0.962 bits per heavy atom. The van der Waals surface area contributed by atoms with E-state index in [1.54, 1.807) is 0 Å². The number of anilines is 1. The number of carbonyl (C=O) groups is 1. The molecular weight excluding hydrogens is 324 g/mol. The maximum Gasteiger partial charge on any atom is 0.272 e. The number of amides is 1. The van der Waals surface area contributed by atoms with Gasteiger partial charge in [0.15, 0.2) is 0 Å². The van der Waals surface area contributed by atoms with E-state index in [-0.39, 0.29) is 5.91 Å². The van der Waals surface area contributed by atoms with Gasteiger partial charge in [0.05, 0.1) is 5.69 Å². The number of hydrogen-bond donors (Lipinski definition) is 0. The van der Waals surface area contributed by atoms with Crippen molar-refractivity contribution in [3.63, 3.8) is 0 Å². The highest BCUT2D eigenvalue weighted by atomic mass is 16.2. The Morgan fingerprint density at radius 3 is 2.46 bits per heavy atom. The van der Waals surface area contributed by atoms with Crippen LogP contribution in [-0.2, 0) is 0 Å². The molecule has 0 radical (unpaired) electrons. The molecule has 1 aliphatic rings. The second-order valence-electron chi connectivity index (χ2n) is 7.10. The van der Waals surface area contributed by atoms with E-state index in [1.165, 1.54) is 11.3 Å². The van der Waals surface area contributed by atoms with Gasteiger partial charge in [0.1, 0.15) is 11.3 Å². The number of rotatable bonds is 2. The highest BCUT2D eigenvalue weighted by Crippen LogP contribution is 2.20. The Hall–Kier alpha value is -2.82. The van der Waals surface area contributed by atoms with Gasteiger partial charge in [-0.15, -0.1) is 0 Å². The second-order valence-corrected chi connectivity index (χ2v) is 7.10. The molecule has 0 aliphatic carbocycles. The molecule has 0 spiro atoms. The summed E-state index contributed by atoms with van der Waals surface area (Å²) < 4.78 is 1.93. The first-order valence-electron chi connectivity index (χ1n) is 9.09. The van der Waals surface area contributed by atoms with Crippen molar-refractivity contribution in [2.75, 3.05) is 31.1 Å². The fourth-order valence-electron chi connectivity index (χ4n) is 3.67. The van der Waals surface area contributed by atoms with Crippen molar-refractivity contribution in [1.82, 2.24) is 14.3 Å². The van der Waals surface area contributed by atoms with E-state index in [1.807, 2.05) is 41.5 Å². The minimum absolute atomic E-state index is 0.0736. The van der Waals surface area contributed by atoms with Crippen molar-refractivity contribution in [3.05, 3.63) is 65.1 Å². The van der Waals surface area contributed by atoms with Gasteiger partial charge in [0, 0.05) is 38.1 Å². The summed E-state index contributed by atoms with van der Waals surface area (Å²) in [4.78, 5) is 22.0. The van der Waals surface area contributed by atoms with E-state index in [0.717, 1.165) is 43.1 Å². The Balaban J connectivity index is 1.54. The number of imidazole rings is 1. The molecule has 1 amide bonds. The van der Waals surface area contributed by atoms with Gasteiger partial charge in [-0.05, 0) is 50.1 Å². The topological polar surface area (TPSA) is 40.8 Å². The number of aryl methyl sites for hydroxylation is 3. The van der Waals surface area contributed by atoms with Crippen molar-refractivity contribution < 1.29 is 4.79 Å². The molecule has 1 aliphatic heterocycles. The fourth-order valence-corrected chi connectivity index (χ4v) is 3.67. The van der Waals surface area contributed by atoms with Crippen LogP contribution in [0.4, 0.5) is 5.69 Å². The first-order chi connectivity index (χ1) is 12.5. The third-order valence-corrected chi connectivity index (χ3v) is 5.08. The molecular formula is C21H24N4O. The summed E-state index contributed by atoms with van der Waals surface area (Å²) in [5, 5.41) is 0. The quantitative estimate of drug-likeness (QED) is 0.714. The SMILES string of the molecule is Cc1cccc(N2CCN(C(=O)c3c(C)nc4ccc(C)cn34)CC2)c1. The van der Waals surface area contributed by atoms with Crippen molar-refractivity contribution >= 4 is 17.2 Å². The molecule has 2 aromatic heterocycles. The average molecular weight is 348 g/mol. The van der Waals surface area contributed by atoms with E-state index in [0.29, 0.717) is 5.69 Å². The highest BCUT2D eigenvalue weighted by Gasteiger charge is 2.26. The fraction of sp³-hybridized carbons (Fsp3) is 0.333. The van der Waals surface area contributed by atoms with Gasteiger partial charge in [-0.25, -0.2) is 4.98 Å². The summed E-state index contributed by atoms with van der Waals surface area (Å²) in [6.45, 7) is 9.21. The Labute approximate surface area is 153 Å². The van der Waals surface area contributed by atoms with Crippen LogP contribution in [0.2, 0.25) is 0 Å². The monoisotopic (exact) mass is 348 g/mol. The smallest absolute Gasteiger partial charge is 0.272 e. The molecule has 0 unspecified atom stereocenters. The van der Waals surface area contributed by atoms with Crippen LogP contribution in [0.5, 0.6) is 0 Å². The Morgan fingerprint density at radius 2 is 1.73 bits per heavy atom. The normalized spacial score (nSPS) is 14.9. The van der Waals surface area contributed by atoms with Gasteiger partial charge in [-0.1, -0.05) is 18.2 Å². The van der Waals surface area contributed by atoms with E-state index in [2.05, 4.69) is 41.1 Å². The summed E-state index contributed by atoms with van der Waals surface area (Å²) in [6.07, 6.45) is 1.99. The molecule has 26 heavy (non-hydrogen) atoms. The van der Waals surface area contributed by atoms with Gasteiger partial charge < -0.3 is 9.80 Å². The van der Waals surface area contributed by atoms with Crippen LogP contribution >= 0.6 is 0 Å². The van der Waals surface area contributed by atoms with Gasteiger partial charge in [0.2, 0.25) is 0 Å². The predicted molar refractivity (Wildman–Crippen MR) is 104 cm³/mol. The summed E-state index contributed by atoms with van der Waals surface area (Å²) >= 11 is 0. The minimum Gasteiger partial charge on any atom is -0.368 e. The Bertz CT molecular complexity index is 967. The molecule has 0 bridgehead atoms. The number of hydrogen-bond acceptors (Lipinski definition) is 3. The predicted octanol–water partition coefficient (Wildman–Crippen LogP) is 3.22. The third-order valence-electron chi connectivity index (χ3n) is 5.08. The molecule has 1 fully saturated rings. The van der Waals surface area contributed by atoms with Crippen LogP contribution in [-0.4, -0.2) is 46.4 Å². The molecule has 1 saturated heterocycles. The zero-order valence-corrected chi connectivity index (χ0v) is 15.6. The van der Waals surface area contributed by atoms with Crippen LogP contribution in [0.15, 0.2) is 42.6 Å². The number of nitrogens with zero attached hydrogens (tertiary/aromatic N) is 4. The highest BCUT2D eigenvalue weighted by molar-refractivity contribution is 5.95. The lowest BCUT2D eigenvalue weighted by Gasteiger charge is -2.36. The summed E-state index contributed by atoms with van der Waals surface area (Å²) in [7, 11) is 0. The molecule has 0 saturated carbocycles. The number of carbonyl (C=O) groups excluding carboxylic acids is 1. The maximum absolute atomic E-state index is 13.2. The number of fused-ring (bicyclic) bond motifs is 1. The largest absolute Gasteiger partial charge is 0.368 e. The van der Waals surface area contributed by atoms with Crippen molar-refractivity contribution in [1.29, 1.82) is 0 Å². The Kier molecular flexibility index (Phi) is 4.15. The third kappa shape index (κ3) is 2.94. The lowest BCUT2D eigenvalue weighted by Crippen LogP contribution is -2.49. The molecule has 0 atom stereocenters. The van der Waals surface area contributed by atoms with Crippen LogP contribution in [0, 0.1) is 20.8 Å². The van der Waals surface area contributed by atoms with Crippen molar-refractivity contribution in [2.45, 2.75) is 20.8 Å². The van der Waals surface area contributed by atoms with E-state index < -0.39 is 0 Å². The van der Waals surface area contributed by atoms with Crippen molar-refractivity contribution in [2.24, 2.45) is 0 Å². The number of benzene rings is 1. The van der Waals surface area contributed by atoms with Crippen LogP contribution < -0.4 is 4.90 Å². The van der Waals surface area contributed by atoms with Gasteiger partial charge in [0.25, 0.3) is 5.91 Å². The van der Waals surface area contributed by atoms with Crippen LogP contribution in [0.3, 0.4) is 0 Å².